The van der Waals surface area contributed by atoms with Gasteiger partial charge in [-0.25, -0.2) is 0 Å². The number of ether oxygens (including phenoxy) is 1. The van der Waals surface area contributed by atoms with E-state index in [2.05, 4.69) is 22.8 Å². The maximum atomic E-state index is 13.2. The van der Waals surface area contributed by atoms with E-state index in [1.54, 1.807) is 7.11 Å². The zero-order chi connectivity index (χ0) is 16.6. The highest BCUT2D eigenvalue weighted by Crippen LogP contribution is 2.57. The Bertz CT molecular complexity index is 613. The molecule has 2 saturated carbocycles. The van der Waals surface area contributed by atoms with E-state index in [1.165, 1.54) is 24.8 Å². The lowest BCUT2D eigenvalue weighted by Crippen LogP contribution is -2.52. The van der Waals surface area contributed by atoms with Crippen molar-refractivity contribution in [3.05, 3.63) is 29.8 Å². The van der Waals surface area contributed by atoms with Gasteiger partial charge in [0.15, 0.2) is 0 Å². The summed E-state index contributed by atoms with van der Waals surface area (Å²) < 4.78 is 5.37. The Morgan fingerprint density at radius 1 is 1.38 bits per heavy atom. The fourth-order valence-electron chi connectivity index (χ4n) is 5.07. The molecule has 4 nitrogen and oxygen atoms in total. The number of benzene rings is 1. The monoisotopic (exact) mass is 328 g/mol. The van der Waals surface area contributed by atoms with Crippen molar-refractivity contribution in [3.63, 3.8) is 0 Å². The summed E-state index contributed by atoms with van der Waals surface area (Å²) in [4.78, 5) is 13.2. The van der Waals surface area contributed by atoms with Crippen LogP contribution in [-0.2, 0) is 11.2 Å². The number of methoxy groups -OCH3 is 1. The highest BCUT2D eigenvalue weighted by Gasteiger charge is 2.55. The Morgan fingerprint density at radius 2 is 2.25 bits per heavy atom. The molecule has 24 heavy (non-hydrogen) atoms. The summed E-state index contributed by atoms with van der Waals surface area (Å²) in [5, 5.41) is 6.57. The molecule has 130 valence electrons. The van der Waals surface area contributed by atoms with Gasteiger partial charge in [-0.05, 0) is 55.2 Å². The van der Waals surface area contributed by atoms with Crippen LogP contribution in [0.3, 0.4) is 0 Å². The molecule has 4 rings (SSSR count). The number of carbonyl (C=O) groups excluding carboxylic acids is 1. The molecule has 1 amide bonds. The molecule has 0 radical (unpaired) electrons. The molecular formula is C20H28N2O2. The number of fused-ring (bicyclic) bond motifs is 2. The van der Waals surface area contributed by atoms with Gasteiger partial charge < -0.3 is 15.4 Å². The minimum absolute atomic E-state index is 0.202. The first-order valence-corrected chi connectivity index (χ1v) is 9.31. The van der Waals surface area contributed by atoms with Gasteiger partial charge in [-0.15, -0.1) is 0 Å². The molecule has 1 aromatic rings. The Balaban J connectivity index is 1.53. The molecule has 3 aliphatic rings. The van der Waals surface area contributed by atoms with Crippen LogP contribution in [0, 0.1) is 23.2 Å². The van der Waals surface area contributed by atoms with Gasteiger partial charge in [0.25, 0.3) is 0 Å². The van der Waals surface area contributed by atoms with E-state index in [0.29, 0.717) is 17.7 Å². The maximum absolute atomic E-state index is 13.2. The molecular weight excluding hydrogens is 300 g/mol. The number of hydrogen-bond donors (Lipinski definition) is 2. The first-order chi connectivity index (χ1) is 11.7. The van der Waals surface area contributed by atoms with Crippen LogP contribution < -0.4 is 15.4 Å². The number of rotatable bonds is 6. The van der Waals surface area contributed by atoms with Crippen LogP contribution in [0.15, 0.2) is 24.3 Å². The second-order valence-electron chi connectivity index (χ2n) is 8.00. The Kier molecular flexibility index (Phi) is 4.25. The molecule has 1 aromatic carbocycles. The van der Waals surface area contributed by atoms with E-state index in [0.717, 1.165) is 44.1 Å². The van der Waals surface area contributed by atoms with E-state index in [-0.39, 0.29) is 5.41 Å². The van der Waals surface area contributed by atoms with Crippen molar-refractivity contribution in [1.29, 1.82) is 0 Å². The quantitative estimate of drug-likeness (QED) is 0.843. The maximum Gasteiger partial charge on any atom is 0.226 e. The van der Waals surface area contributed by atoms with E-state index in [9.17, 15) is 4.79 Å². The third-order valence-corrected chi connectivity index (χ3v) is 6.50. The van der Waals surface area contributed by atoms with Gasteiger partial charge in [-0.3, -0.25) is 4.79 Å². The SMILES string of the molecule is COc1cccc(CC2(C(=O)NCC3CNC3)CC3CCC2C3)c1. The molecule has 3 unspecified atom stereocenters. The van der Waals surface area contributed by atoms with Crippen LogP contribution in [0.5, 0.6) is 5.75 Å². The predicted octanol–water partition coefficient (Wildman–Crippen LogP) is 2.38. The van der Waals surface area contributed by atoms with E-state index >= 15 is 0 Å². The Labute approximate surface area is 144 Å². The van der Waals surface area contributed by atoms with Gasteiger partial charge in [-0.1, -0.05) is 18.6 Å². The van der Waals surface area contributed by atoms with Crippen molar-refractivity contribution >= 4 is 5.91 Å². The predicted molar refractivity (Wildman–Crippen MR) is 93.9 cm³/mol. The van der Waals surface area contributed by atoms with Gasteiger partial charge in [-0.2, -0.15) is 0 Å². The third kappa shape index (κ3) is 2.81. The van der Waals surface area contributed by atoms with Crippen molar-refractivity contribution in [2.24, 2.45) is 23.2 Å². The standard InChI is InChI=1S/C20H28N2O2/c1-24-18-4-2-3-14(8-18)9-20(10-15-5-6-17(20)7-15)19(23)22-13-16-11-21-12-16/h2-4,8,15-17,21H,5-7,9-13H2,1H3,(H,22,23). The van der Waals surface area contributed by atoms with Crippen molar-refractivity contribution in [3.8, 4) is 5.75 Å². The van der Waals surface area contributed by atoms with Crippen molar-refractivity contribution in [2.45, 2.75) is 32.1 Å². The molecule has 3 atom stereocenters. The average molecular weight is 328 g/mol. The topological polar surface area (TPSA) is 50.4 Å². The van der Waals surface area contributed by atoms with E-state index in [1.807, 2.05) is 12.1 Å². The van der Waals surface area contributed by atoms with E-state index in [4.69, 9.17) is 4.74 Å². The number of amides is 1. The first kappa shape index (κ1) is 15.9. The number of nitrogens with one attached hydrogen (secondary N) is 2. The molecule has 1 aliphatic heterocycles. The minimum Gasteiger partial charge on any atom is -0.497 e. The van der Waals surface area contributed by atoms with Gasteiger partial charge in [0.2, 0.25) is 5.91 Å². The Morgan fingerprint density at radius 3 is 2.88 bits per heavy atom. The van der Waals surface area contributed by atoms with Gasteiger partial charge in [0, 0.05) is 25.6 Å². The molecule has 0 spiro atoms. The zero-order valence-electron chi connectivity index (χ0n) is 14.5. The second-order valence-corrected chi connectivity index (χ2v) is 8.00. The smallest absolute Gasteiger partial charge is 0.226 e. The number of carbonyl (C=O) groups is 1. The fourth-order valence-corrected chi connectivity index (χ4v) is 5.07. The molecule has 1 heterocycles. The van der Waals surface area contributed by atoms with Crippen LogP contribution in [0.25, 0.3) is 0 Å². The molecule has 3 fully saturated rings. The summed E-state index contributed by atoms with van der Waals surface area (Å²) in [5.41, 5.74) is 1.02. The van der Waals surface area contributed by atoms with Crippen molar-refractivity contribution < 1.29 is 9.53 Å². The van der Waals surface area contributed by atoms with Crippen LogP contribution in [0.2, 0.25) is 0 Å². The lowest BCUT2D eigenvalue weighted by atomic mass is 9.68. The highest BCUT2D eigenvalue weighted by atomic mass is 16.5. The van der Waals surface area contributed by atoms with Crippen LogP contribution in [0.1, 0.15) is 31.2 Å². The van der Waals surface area contributed by atoms with Gasteiger partial charge in [0.1, 0.15) is 5.75 Å². The molecule has 2 aliphatic carbocycles. The zero-order valence-corrected chi connectivity index (χ0v) is 14.5. The van der Waals surface area contributed by atoms with Crippen LogP contribution >= 0.6 is 0 Å². The lowest BCUT2D eigenvalue weighted by Gasteiger charge is -2.38. The summed E-state index contributed by atoms with van der Waals surface area (Å²) in [6.07, 6.45) is 5.67. The van der Waals surface area contributed by atoms with Crippen molar-refractivity contribution in [2.75, 3.05) is 26.7 Å². The average Bonchev–Trinajstić information content (AvgIpc) is 3.15. The third-order valence-electron chi connectivity index (χ3n) is 6.50. The molecule has 0 aromatic heterocycles. The van der Waals surface area contributed by atoms with Gasteiger partial charge >= 0.3 is 0 Å². The molecule has 2 bridgehead atoms. The molecule has 2 N–H and O–H groups in total. The highest BCUT2D eigenvalue weighted by molar-refractivity contribution is 5.84. The summed E-state index contributed by atoms with van der Waals surface area (Å²) in [6.45, 7) is 2.90. The first-order valence-electron chi connectivity index (χ1n) is 9.31. The van der Waals surface area contributed by atoms with Crippen LogP contribution in [0.4, 0.5) is 0 Å². The fraction of sp³-hybridized carbons (Fsp3) is 0.650. The molecule has 4 heteroatoms. The van der Waals surface area contributed by atoms with Crippen molar-refractivity contribution in [1.82, 2.24) is 10.6 Å². The van der Waals surface area contributed by atoms with E-state index < -0.39 is 0 Å². The summed E-state index contributed by atoms with van der Waals surface area (Å²) in [5.74, 6) is 3.09. The summed E-state index contributed by atoms with van der Waals surface area (Å²) in [6, 6.07) is 8.24. The second kappa shape index (κ2) is 6.40. The molecule has 1 saturated heterocycles. The Hall–Kier alpha value is -1.55. The van der Waals surface area contributed by atoms with Gasteiger partial charge in [0.05, 0.1) is 12.5 Å². The normalized spacial score (nSPS) is 31.7. The van der Waals surface area contributed by atoms with Crippen LogP contribution in [-0.4, -0.2) is 32.7 Å². The summed E-state index contributed by atoms with van der Waals surface area (Å²) in [7, 11) is 1.70. The lowest BCUT2D eigenvalue weighted by molar-refractivity contribution is -0.134. The summed E-state index contributed by atoms with van der Waals surface area (Å²) >= 11 is 0. The largest absolute Gasteiger partial charge is 0.497 e. The number of hydrogen-bond acceptors (Lipinski definition) is 3. The minimum atomic E-state index is -0.202.